The van der Waals surface area contributed by atoms with Crippen LogP contribution >= 0.6 is 12.2 Å². The molecule has 1 fully saturated rings. The zero-order valence-electron chi connectivity index (χ0n) is 21.2. The second-order valence-electron chi connectivity index (χ2n) is 10.3. The Morgan fingerprint density at radius 2 is 1.80 bits per heavy atom. The van der Waals surface area contributed by atoms with Crippen LogP contribution in [0.2, 0.25) is 0 Å². The summed E-state index contributed by atoms with van der Waals surface area (Å²) in [5.41, 5.74) is 4.39. The molecular weight excluding hydrogens is 461 g/mol. The number of carbonyl (C=O) groups excluding carboxylic acids is 2. The topological polar surface area (TPSA) is 52.7 Å². The van der Waals surface area contributed by atoms with Gasteiger partial charge < -0.3 is 4.90 Å². The molecule has 1 N–H and O–H groups in total. The van der Waals surface area contributed by atoms with Crippen molar-refractivity contribution < 1.29 is 14.0 Å². The molecule has 2 aromatic carbocycles. The van der Waals surface area contributed by atoms with Crippen molar-refractivity contribution in [2.75, 3.05) is 16.3 Å². The fourth-order valence-corrected chi connectivity index (χ4v) is 5.69. The first-order valence-corrected chi connectivity index (χ1v) is 12.4. The van der Waals surface area contributed by atoms with Gasteiger partial charge in [-0.2, -0.15) is 0 Å². The van der Waals surface area contributed by atoms with Crippen LogP contribution in [-0.4, -0.2) is 29.0 Å². The van der Waals surface area contributed by atoms with E-state index < -0.39 is 17.6 Å². The van der Waals surface area contributed by atoms with E-state index in [1.165, 1.54) is 11.0 Å². The number of rotatable bonds is 4. The van der Waals surface area contributed by atoms with E-state index in [0.29, 0.717) is 5.69 Å². The Labute approximate surface area is 212 Å². The summed E-state index contributed by atoms with van der Waals surface area (Å²) in [6.45, 7) is 13.3. The van der Waals surface area contributed by atoms with Crippen LogP contribution in [0.15, 0.2) is 35.9 Å². The zero-order valence-corrected chi connectivity index (χ0v) is 22.0. The van der Waals surface area contributed by atoms with Crippen LogP contribution in [0, 0.1) is 19.7 Å². The molecule has 0 bridgehead atoms. The molecule has 2 heterocycles. The van der Waals surface area contributed by atoms with Gasteiger partial charge in [0.2, 0.25) is 0 Å². The Bertz CT molecular complexity index is 1250. The third-order valence-corrected chi connectivity index (χ3v) is 7.10. The summed E-state index contributed by atoms with van der Waals surface area (Å²) >= 11 is 5.31. The molecule has 4 rings (SSSR count). The molecule has 0 saturated carbocycles. The van der Waals surface area contributed by atoms with E-state index in [4.69, 9.17) is 12.2 Å². The van der Waals surface area contributed by atoms with E-state index in [-0.39, 0.29) is 27.7 Å². The maximum atomic E-state index is 15.4. The van der Waals surface area contributed by atoms with Gasteiger partial charge in [0, 0.05) is 23.3 Å². The molecule has 7 heteroatoms. The number of hydrogen-bond donors (Lipinski definition) is 1. The summed E-state index contributed by atoms with van der Waals surface area (Å²) in [6, 6.07) is 8.99. The molecule has 0 aliphatic carbocycles. The van der Waals surface area contributed by atoms with Crippen LogP contribution in [0.25, 0.3) is 6.08 Å². The fraction of sp³-hybridized carbons (Fsp3) is 0.393. The van der Waals surface area contributed by atoms with Gasteiger partial charge in [-0.1, -0.05) is 19.9 Å². The lowest BCUT2D eigenvalue weighted by molar-refractivity contribution is -0.122. The molecular formula is C28H32FN3O2S. The number of thiocarbonyl (C=S) groups is 1. The Kier molecular flexibility index (Phi) is 6.58. The molecule has 0 radical (unpaired) electrons. The summed E-state index contributed by atoms with van der Waals surface area (Å²) in [7, 11) is 0. The molecule has 1 saturated heterocycles. The predicted molar refractivity (Wildman–Crippen MR) is 143 cm³/mol. The molecule has 35 heavy (non-hydrogen) atoms. The average molecular weight is 494 g/mol. The van der Waals surface area contributed by atoms with Gasteiger partial charge >= 0.3 is 0 Å². The maximum Gasteiger partial charge on any atom is 0.270 e. The number of hydrogen-bond acceptors (Lipinski definition) is 4. The lowest BCUT2D eigenvalue weighted by Crippen LogP contribution is -2.54. The van der Waals surface area contributed by atoms with E-state index >= 15 is 4.39 Å². The van der Waals surface area contributed by atoms with E-state index in [9.17, 15) is 9.59 Å². The van der Waals surface area contributed by atoms with Crippen LogP contribution in [0.3, 0.4) is 0 Å². The summed E-state index contributed by atoms with van der Waals surface area (Å²) in [6.07, 6.45) is 3.23. The van der Waals surface area contributed by atoms with Gasteiger partial charge in [-0.3, -0.25) is 19.8 Å². The number of fused-ring (bicyclic) bond motifs is 1. The molecule has 2 aliphatic heterocycles. The second kappa shape index (κ2) is 9.19. The minimum atomic E-state index is -0.625. The number of carbonyl (C=O) groups is 2. The molecule has 1 unspecified atom stereocenters. The van der Waals surface area contributed by atoms with Gasteiger partial charge in [0.1, 0.15) is 11.4 Å². The summed E-state index contributed by atoms with van der Waals surface area (Å²) < 4.78 is 15.4. The van der Waals surface area contributed by atoms with Crippen LogP contribution in [0.1, 0.15) is 68.7 Å². The van der Waals surface area contributed by atoms with Crippen molar-refractivity contribution in [2.45, 2.75) is 65.8 Å². The van der Waals surface area contributed by atoms with Crippen LogP contribution in [0.4, 0.5) is 15.8 Å². The van der Waals surface area contributed by atoms with E-state index in [0.717, 1.165) is 41.8 Å². The monoisotopic (exact) mass is 493 g/mol. The van der Waals surface area contributed by atoms with Crippen molar-refractivity contribution in [3.8, 4) is 0 Å². The van der Waals surface area contributed by atoms with E-state index in [1.54, 1.807) is 12.1 Å². The Morgan fingerprint density at radius 3 is 2.43 bits per heavy atom. The first-order chi connectivity index (χ1) is 16.4. The first kappa shape index (κ1) is 25.0. The van der Waals surface area contributed by atoms with Crippen LogP contribution < -0.4 is 15.1 Å². The number of nitrogens with one attached hydrogen (secondary N) is 1. The highest BCUT2D eigenvalue weighted by molar-refractivity contribution is 7.80. The molecule has 1 atom stereocenters. The SMILES string of the molecule is CCCN1c2cc(F)c(/C=C3/C(=O)NC(=S)N(c4cc(C)cc(C)c4)C3=O)cc2C(C)CC1(C)C. The minimum Gasteiger partial charge on any atom is -0.366 e. The third-order valence-electron chi connectivity index (χ3n) is 6.82. The second-order valence-corrected chi connectivity index (χ2v) is 10.7. The number of amides is 2. The number of nitrogens with zero attached hydrogens (tertiary/aromatic N) is 2. The van der Waals surface area contributed by atoms with Gasteiger partial charge in [0.25, 0.3) is 11.8 Å². The van der Waals surface area contributed by atoms with Crippen molar-refractivity contribution in [1.29, 1.82) is 0 Å². The largest absolute Gasteiger partial charge is 0.366 e. The summed E-state index contributed by atoms with van der Waals surface area (Å²) in [5.74, 6) is -1.45. The summed E-state index contributed by atoms with van der Waals surface area (Å²) in [4.78, 5) is 29.8. The predicted octanol–water partition coefficient (Wildman–Crippen LogP) is 5.78. The number of anilines is 2. The number of halogens is 1. The van der Waals surface area contributed by atoms with E-state index in [2.05, 4.69) is 37.9 Å². The standard InChI is InChI=1S/C28H32FN3O2S/c1-7-8-31-24-14-23(29)19(12-21(24)18(4)15-28(31,5)6)13-22-25(33)30-27(35)32(26(22)34)20-10-16(2)9-17(3)11-20/h9-14,18H,7-8,15H2,1-6H3,(H,30,33,35)/b22-13-. The number of benzene rings is 2. The minimum absolute atomic E-state index is 0.0131. The molecule has 2 amide bonds. The molecule has 2 aliphatic rings. The lowest BCUT2D eigenvalue weighted by atomic mass is 9.79. The number of aryl methyl sites for hydroxylation is 2. The fourth-order valence-electron chi connectivity index (χ4n) is 5.41. The Morgan fingerprint density at radius 1 is 1.14 bits per heavy atom. The highest BCUT2D eigenvalue weighted by atomic mass is 32.1. The molecule has 0 aromatic heterocycles. The summed E-state index contributed by atoms with van der Waals surface area (Å²) in [5, 5.41) is 2.60. The third kappa shape index (κ3) is 4.61. The van der Waals surface area contributed by atoms with Gasteiger partial charge in [-0.15, -0.1) is 0 Å². The zero-order chi connectivity index (χ0) is 25.7. The normalized spacial score (nSPS) is 20.8. The van der Waals surface area contributed by atoms with E-state index in [1.807, 2.05) is 32.0 Å². The van der Waals surface area contributed by atoms with Gasteiger partial charge in [-0.25, -0.2) is 4.39 Å². The smallest absolute Gasteiger partial charge is 0.270 e. The lowest BCUT2D eigenvalue weighted by Gasteiger charge is -2.47. The van der Waals surface area contributed by atoms with Crippen molar-refractivity contribution in [3.05, 3.63) is 64.0 Å². The van der Waals surface area contributed by atoms with Crippen LogP contribution in [0.5, 0.6) is 0 Å². The van der Waals surface area contributed by atoms with Crippen molar-refractivity contribution in [2.24, 2.45) is 0 Å². The van der Waals surface area contributed by atoms with Crippen molar-refractivity contribution in [3.63, 3.8) is 0 Å². The molecule has 184 valence electrons. The van der Waals surface area contributed by atoms with Crippen LogP contribution in [-0.2, 0) is 9.59 Å². The van der Waals surface area contributed by atoms with Gasteiger partial charge in [0.05, 0.1) is 5.69 Å². The Hall–Kier alpha value is -3.06. The van der Waals surface area contributed by atoms with Gasteiger partial charge in [0.15, 0.2) is 5.11 Å². The average Bonchev–Trinajstić information content (AvgIpc) is 2.73. The maximum absolute atomic E-state index is 15.4. The van der Waals surface area contributed by atoms with Crippen molar-refractivity contribution >= 4 is 46.6 Å². The molecule has 2 aromatic rings. The molecule has 0 spiro atoms. The highest BCUT2D eigenvalue weighted by Crippen LogP contribution is 2.44. The van der Waals surface area contributed by atoms with Crippen molar-refractivity contribution in [1.82, 2.24) is 5.32 Å². The highest BCUT2D eigenvalue weighted by Gasteiger charge is 2.38. The molecule has 5 nitrogen and oxygen atoms in total. The first-order valence-electron chi connectivity index (χ1n) is 12.0. The Balaban J connectivity index is 1.78. The van der Waals surface area contributed by atoms with Gasteiger partial charge in [-0.05, 0) is 106 Å². The quantitative estimate of drug-likeness (QED) is 0.333.